The first-order valence-corrected chi connectivity index (χ1v) is 9.52. The Balaban J connectivity index is 1.51. The Labute approximate surface area is 164 Å². The number of hydrogen-bond donors (Lipinski definition) is 1. The summed E-state index contributed by atoms with van der Waals surface area (Å²) in [5.74, 6) is -0.866. The van der Waals surface area contributed by atoms with Crippen molar-refractivity contribution in [3.63, 3.8) is 0 Å². The number of thiophene rings is 1. The van der Waals surface area contributed by atoms with Gasteiger partial charge in [-0.1, -0.05) is 42.5 Å². The molecule has 0 fully saturated rings. The van der Waals surface area contributed by atoms with Gasteiger partial charge in [-0.15, -0.1) is 11.3 Å². The highest BCUT2D eigenvalue weighted by atomic mass is 32.1. The predicted molar refractivity (Wildman–Crippen MR) is 109 cm³/mol. The van der Waals surface area contributed by atoms with E-state index in [1.165, 1.54) is 34.4 Å². The first kappa shape index (κ1) is 18.1. The normalized spacial score (nSPS) is 10.9. The Kier molecular flexibility index (Phi) is 4.99. The Bertz CT molecular complexity index is 1200. The van der Waals surface area contributed by atoms with E-state index < -0.39 is 5.82 Å². The van der Waals surface area contributed by atoms with Gasteiger partial charge in [-0.2, -0.15) is 0 Å². The van der Waals surface area contributed by atoms with Crippen LogP contribution in [0.1, 0.15) is 6.42 Å². The molecule has 2 aromatic heterocycles. The van der Waals surface area contributed by atoms with Crippen LogP contribution in [-0.4, -0.2) is 15.5 Å². The predicted octanol–water partition coefficient (Wildman–Crippen LogP) is 4.29. The largest absolute Gasteiger partial charge is 0.324 e. The molecule has 4 aromatic rings. The minimum atomic E-state index is -0.497. The lowest BCUT2D eigenvalue weighted by Gasteiger charge is -2.07. The van der Waals surface area contributed by atoms with Gasteiger partial charge in [0.15, 0.2) is 0 Å². The van der Waals surface area contributed by atoms with Crippen LogP contribution in [-0.2, 0) is 11.3 Å². The van der Waals surface area contributed by atoms with Crippen LogP contribution < -0.4 is 10.9 Å². The van der Waals surface area contributed by atoms with Gasteiger partial charge < -0.3 is 5.32 Å². The van der Waals surface area contributed by atoms with Crippen LogP contribution in [0.3, 0.4) is 0 Å². The zero-order chi connectivity index (χ0) is 19.5. The van der Waals surface area contributed by atoms with Crippen LogP contribution in [0.5, 0.6) is 0 Å². The molecule has 2 heterocycles. The van der Waals surface area contributed by atoms with Crippen molar-refractivity contribution >= 4 is 33.1 Å². The van der Waals surface area contributed by atoms with E-state index >= 15 is 0 Å². The van der Waals surface area contributed by atoms with Gasteiger partial charge in [-0.05, 0) is 23.8 Å². The molecule has 140 valence electrons. The van der Waals surface area contributed by atoms with Crippen LogP contribution in [0, 0.1) is 5.82 Å². The van der Waals surface area contributed by atoms with Crippen molar-refractivity contribution in [2.45, 2.75) is 13.0 Å². The molecule has 0 spiro atoms. The maximum absolute atomic E-state index is 13.6. The van der Waals surface area contributed by atoms with Crippen LogP contribution in [0.25, 0.3) is 20.7 Å². The van der Waals surface area contributed by atoms with E-state index in [0.29, 0.717) is 10.2 Å². The molecule has 1 amide bonds. The first-order valence-electron chi connectivity index (χ1n) is 8.70. The van der Waals surface area contributed by atoms with Gasteiger partial charge in [-0.25, -0.2) is 9.37 Å². The van der Waals surface area contributed by atoms with E-state index in [-0.39, 0.29) is 30.1 Å². The summed E-state index contributed by atoms with van der Waals surface area (Å²) in [5.41, 5.74) is 0.960. The summed E-state index contributed by atoms with van der Waals surface area (Å²) in [4.78, 5) is 30.8. The van der Waals surface area contributed by atoms with Crippen molar-refractivity contribution in [1.82, 2.24) is 9.55 Å². The average molecular weight is 393 g/mol. The van der Waals surface area contributed by atoms with Crippen molar-refractivity contribution in [2.75, 3.05) is 5.32 Å². The summed E-state index contributed by atoms with van der Waals surface area (Å²) in [6.45, 7) is 0.165. The quantitative estimate of drug-likeness (QED) is 0.550. The lowest BCUT2D eigenvalue weighted by molar-refractivity contribution is -0.116. The van der Waals surface area contributed by atoms with Gasteiger partial charge >= 0.3 is 0 Å². The van der Waals surface area contributed by atoms with Gasteiger partial charge in [-0.3, -0.25) is 14.2 Å². The minimum Gasteiger partial charge on any atom is -0.324 e. The molecule has 0 saturated heterocycles. The van der Waals surface area contributed by atoms with Crippen LogP contribution in [0.4, 0.5) is 10.1 Å². The van der Waals surface area contributed by atoms with E-state index in [2.05, 4.69) is 10.3 Å². The smallest absolute Gasteiger partial charge is 0.262 e. The summed E-state index contributed by atoms with van der Waals surface area (Å²) < 4.78 is 15.0. The van der Waals surface area contributed by atoms with Gasteiger partial charge in [0.1, 0.15) is 10.6 Å². The highest BCUT2D eigenvalue weighted by molar-refractivity contribution is 7.21. The number of aryl methyl sites for hydroxylation is 1. The van der Waals surface area contributed by atoms with Crippen LogP contribution in [0.15, 0.2) is 71.8 Å². The zero-order valence-corrected chi connectivity index (χ0v) is 15.6. The molecule has 5 nitrogen and oxygen atoms in total. The highest BCUT2D eigenvalue weighted by Crippen LogP contribution is 2.30. The molecule has 2 aromatic carbocycles. The average Bonchev–Trinajstić information content (AvgIpc) is 3.15. The zero-order valence-electron chi connectivity index (χ0n) is 14.8. The van der Waals surface area contributed by atoms with Gasteiger partial charge in [0, 0.05) is 17.8 Å². The van der Waals surface area contributed by atoms with Crippen molar-refractivity contribution in [1.29, 1.82) is 0 Å². The van der Waals surface area contributed by atoms with Gasteiger partial charge in [0.25, 0.3) is 5.56 Å². The van der Waals surface area contributed by atoms with Crippen LogP contribution in [0.2, 0.25) is 0 Å². The maximum atomic E-state index is 13.6. The lowest BCUT2D eigenvalue weighted by Crippen LogP contribution is -2.23. The molecule has 7 heteroatoms. The molecule has 0 aliphatic heterocycles. The summed E-state index contributed by atoms with van der Waals surface area (Å²) in [6, 6.07) is 17.6. The number of rotatable bonds is 5. The topological polar surface area (TPSA) is 64.0 Å². The Morgan fingerprint density at radius 1 is 1.11 bits per heavy atom. The molecule has 0 unspecified atom stereocenters. The number of hydrogen-bond acceptors (Lipinski definition) is 4. The fourth-order valence-electron chi connectivity index (χ4n) is 2.86. The number of nitrogens with one attached hydrogen (secondary N) is 1. The van der Waals surface area contributed by atoms with E-state index in [0.717, 1.165) is 10.4 Å². The van der Waals surface area contributed by atoms with Crippen LogP contribution >= 0.6 is 11.3 Å². The molecule has 0 saturated carbocycles. The molecule has 0 aliphatic rings. The molecule has 0 atom stereocenters. The third-order valence-corrected chi connectivity index (χ3v) is 5.40. The Hall–Kier alpha value is -3.32. The van der Waals surface area contributed by atoms with Gasteiger partial charge in [0.05, 0.1) is 17.4 Å². The number of halogens is 1. The number of amides is 1. The molecule has 0 radical (unpaired) electrons. The number of nitrogens with zero attached hydrogens (tertiary/aromatic N) is 2. The summed E-state index contributed by atoms with van der Waals surface area (Å²) >= 11 is 1.46. The number of fused-ring (bicyclic) bond motifs is 1. The molecule has 4 rings (SSSR count). The molecular formula is C21H16FN3O2S. The standard InChI is InChI=1S/C21H16FN3O2S/c22-16-8-4-5-9-17(16)24-19(26)10-11-25-13-23-20-15(21(25)27)12-18(28-20)14-6-2-1-3-7-14/h1-9,12-13H,10-11H2,(H,24,26). The van der Waals surface area contributed by atoms with E-state index in [4.69, 9.17) is 0 Å². The number of para-hydroxylation sites is 1. The monoisotopic (exact) mass is 393 g/mol. The lowest BCUT2D eigenvalue weighted by atomic mass is 10.2. The third-order valence-electron chi connectivity index (χ3n) is 4.30. The SMILES string of the molecule is O=C(CCn1cnc2sc(-c3ccccc3)cc2c1=O)Nc1ccccc1F. The Morgan fingerprint density at radius 2 is 1.86 bits per heavy atom. The van der Waals surface area contributed by atoms with E-state index in [9.17, 15) is 14.0 Å². The second-order valence-corrected chi connectivity index (χ2v) is 7.25. The fourth-order valence-corrected chi connectivity index (χ4v) is 3.86. The number of carbonyl (C=O) groups excluding carboxylic acids is 1. The minimum absolute atomic E-state index is 0.0388. The van der Waals surface area contributed by atoms with Crippen molar-refractivity contribution in [3.8, 4) is 10.4 Å². The fraction of sp³-hybridized carbons (Fsp3) is 0.0952. The third kappa shape index (κ3) is 3.70. The van der Waals surface area contributed by atoms with E-state index in [1.54, 1.807) is 12.1 Å². The summed E-state index contributed by atoms with van der Waals surface area (Å²) in [7, 11) is 0. The van der Waals surface area contributed by atoms with Crippen molar-refractivity contribution in [3.05, 3.63) is 83.2 Å². The molecule has 28 heavy (non-hydrogen) atoms. The van der Waals surface area contributed by atoms with Crippen molar-refractivity contribution in [2.24, 2.45) is 0 Å². The Morgan fingerprint density at radius 3 is 2.64 bits per heavy atom. The second-order valence-electron chi connectivity index (χ2n) is 6.22. The first-order chi connectivity index (χ1) is 13.6. The summed E-state index contributed by atoms with van der Waals surface area (Å²) in [6.07, 6.45) is 1.49. The number of benzene rings is 2. The molecule has 0 aliphatic carbocycles. The van der Waals surface area contributed by atoms with Crippen molar-refractivity contribution < 1.29 is 9.18 Å². The number of aromatic nitrogens is 2. The molecular weight excluding hydrogens is 377 g/mol. The van der Waals surface area contributed by atoms with E-state index in [1.807, 2.05) is 36.4 Å². The highest BCUT2D eigenvalue weighted by Gasteiger charge is 2.12. The van der Waals surface area contributed by atoms with Gasteiger partial charge in [0.2, 0.25) is 5.91 Å². The number of anilines is 1. The maximum Gasteiger partial charge on any atom is 0.262 e. The number of carbonyl (C=O) groups is 1. The summed E-state index contributed by atoms with van der Waals surface area (Å²) in [5, 5.41) is 3.04. The molecule has 1 N–H and O–H groups in total. The molecule has 0 bridgehead atoms. The second kappa shape index (κ2) is 7.74.